The van der Waals surface area contributed by atoms with E-state index in [0.29, 0.717) is 0 Å². The van der Waals surface area contributed by atoms with Crippen molar-refractivity contribution in [3.63, 3.8) is 0 Å². The molecule has 3 heteroatoms. The lowest BCUT2D eigenvalue weighted by molar-refractivity contribution is 1.11. The first-order valence-electron chi connectivity index (χ1n) is 6.30. The molecule has 0 aromatic heterocycles. The van der Waals surface area contributed by atoms with Crippen LogP contribution in [0.3, 0.4) is 0 Å². The summed E-state index contributed by atoms with van der Waals surface area (Å²) in [6.45, 7) is 0. The first kappa shape index (κ1) is 9.83. The number of nitrogens with zero attached hydrogens (tertiary/aromatic N) is 2. The Kier molecular flexibility index (Phi) is 2.00. The second-order valence-corrected chi connectivity index (χ2v) is 4.87. The highest BCUT2D eigenvalue weighted by molar-refractivity contribution is 5.63. The van der Waals surface area contributed by atoms with Gasteiger partial charge in [0.05, 0.1) is 0 Å². The van der Waals surface area contributed by atoms with Gasteiger partial charge in [-0.05, 0) is 36.5 Å². The summed E-state index contributed by atoms with van der Waals surface area (Å²) >= 11 is 0. The van der Waals surface area contributed by atoms with E-state index in [-0.39, 0.29) is 0 Å². The third-order valence-corrected chi connectivity index (χ3v) is 3.50. The summed E-state index contributed by atoms with van der Waals surface area (Å²) in [6, 6.07) is 10.6. The molecule has 3 nitrogen and oxygen atoms in total. The van der Waals surface area contributed by atoms with E-state index in [4.69, 9.17) is 0 Å². The predicted molar refractivity (Wildman–Crippen MR) is 70.4 cm³/mol. The molecule has 0 amide bonds. The van der Waals surface area contributed by atoms with Gasteiger partial charge in [-0.2, -0.15) is 0 Å². The number of benzene rings is 1. The number of aromatic nitrogens is 3. The van der Waals surface area contributed by atoms with Crippen LogP contribution in [0.2, 0.25) is 0 Å². The van der Waals surface area contributed by atoms with Gasteiger partial charge in [0.2, 0.25) is 0 Å². The Bertz CT molecular complexity index is 667. The van der Waals surface area contributed by atoms with E-state index in [1.807, 2.05) is 12.3 Å². The molecule has 0 bridgehead atoms. The van der Waals surface area contributed by atoms with E-state index < -0.39 is 0 Å². The van der Waals surface area contributed by atoms with Crippen LogP contribution in [-0.4, -0.2) is 15.0 Å². The average molecular weight is 235 g/mol. The number of hydrogen-bond acceptors (Lipinski definition) is 2. The minimum Gasteiger partial charge on any atom is -0.345 e. The number of nitrogens with one attached hydrogen (secondary N) is 1. The monoisotopic (exact) mass is 235 g/mol. The smallest absolute Gasteiger partial charge is 0.163 e. The molecule has 0 unspecified atom stereocenters. The van der Waals surface area contributed by atoms with Crippen LogP contribution in [0.15, 0.2) is 42.7 Å². The van der Waals surface area contributed by atoms with Gasteiger partial charge >= 0.3 is 0 Å². The molecule has 1 saturated carbocycles. The van der Waals surface area contributed by atoms with E-state index in [1.54, 1.807) is 6.20 Å². The lowest BCUT2D eigenvalue weighted by atomic mass is 10.1. The predicted octanol–water partition coefficient (Wildman–Crippen LogP) is 3.45. The van der Waals surface area contributed by atoms with E-state index in [2.05, 4.69) is 39.2 Å². The van der Waals surface area contributed by atoms with Crippen LogP contribution in [0.1, 0.15) is 24.3 Å². The highest BCUT2D eigenvalue weighted by Gasteiger charge is 2.23. The highest BCUT2D eigenvalue weighted by Crippen LogP contribution is 2.40. The number of fused-ring (bicyclic) bond motifs is 1. The van der Waals surface area contributed by atoms with E-state index >= 15 is 0 Å². The van der Waals surface area contributed by atoms with Crippen molar-refractivity contribution in [2.24, 2.45) is 0 Å². The molecular weight excluding hydrogens is 222 g/mol. The van der Waals surface area contributed by atoms with Crippen molar-refractivity contribution in [2.45, 2.75) is 18.8 Å². The summed E-state index contributed by atoms with van der Waals surface area (Å²) in [6.07, 6.45) is 6.40. The molecule has 3 aliphatic rings. The molecule has 2 aliphatic heterocycles. The van der Waals surface area contributed by atoms with Crippen LogP contribution >= 0.6 is 0 Å². The molecule has 1 aliphatic carbocycles. The fourth-order valence-electron chi connectivity index (χ4n) is 2.33. The molecule has 0 saturated heterocycles. The Balaban J connectivity index is 1.81. The summed E-state index contributed by atoms with van der Waals surface area (Å²) in [4.78, 5) is 12.1. The van der Waals surface area contributed by atoms with Crippen molar-refractivity contribution in [3.8, 4) is 22.8 Å². The molecule has 18 heavy (non-hydrogen) atoms. The largest absolute Gasteiger partial charge is 0.345 e. The Morgan fingerprint density at radius 2 is 2.06 bits per heavy atom. The maximum absolute atomic E-state index is 4.56. The summed E-state index contributed by atoms with van der Waals surface area (Å²) in [5.41, 5.74) is 3.62. The highest BCUT2D eigenvalue weighted by atomic mass is 15.0. The standard InChI is InChI=1S/C15H13N3/c1-2-11(10-4-5-10)8-12(3-1)14-17-9-13-6-7-16-15(13)18-14/h1-3,6-10H,4-5H2,(H,16,17,18). The third-order valence-electron chi connectivity index (χ3n) is 3.50. The molecule has 0 radical (unpaired) electrons. The topological polar surface area (TPSA) is 41.6 Å². The number of rotatable bonds is 2. The van der Waals surface area contributed by atoms with Gasteiger partial charge in [-0.3, -0.25) is 0 Å². The quantitative estimate of drug-likeness (QED) is 0.739. The van der Waals surface area contributed by atoms with Crippen LogP contribution in [0.4, 0.5) is 0 Å². The Morgan fingerprint density at radius 1 is 1.11 bits per heavy atom. The zero-order valence-corrected chi connectivity index (χ0v) is 9.93. The summed E-state index contributed by atoms with van der Waals surface area (Å²) in [7, 11) is 0. The number of hydrogen-bond donors (Lipinski definition) is 1. The van der Waals surface area contributed by atoms with Crippen LogP contribution in [0.25, 0.3) is 22.8 Å². The average Bonchev–Trinajstić information content (AvgIpc) is 3.17. The lowest BCUT2D eigenvalue weighted by Crippen LogP contribution is -1.93. The molecule has 88 valence electrons. The van der Waals surface area contributed by atoms with Gasteiger partial charge in [0.15, 0.2) is 5.82 Å². The first-order valence-corrected chi connectivity index (χ1v) is 6.30. The van der Waals surface area contributed by atoms with E-state index in [0.717, 1.165) is 28.7 Å². The molecule has 0 spiro atoms. The van der Waals surface area contributed by atoms with Crippen LogP contribution < -0.4 is 0 Å². The molecule has 1 N–H and O–H groups in total. The van der Waals surface area contributed by atoms with Gasteiger partial charge in [-0.15, -0.1) is 0 Å². The Morgan fingerprint density at radius 3 is 2.94 bits per heavy atom. The maximum Gasteiger partial charge on any atom is 0.163 e. The van der Waals surface area contributed by atoms with E-state index in [9.17, 15) is 0 Å². The van der Waals surface area contributed by atoms with Crippen molar-refractivity contribution >= 4 is 0 Å². The van der Waals surface area contributed by atoms with Crippen LogP contribution in [-0.2, 0) is 0 Å². The van der Waals surface area contributed by atoms with Crippen molar-refractivity contribution in [1.29, 1.82) is 0 Å². The third kappa shape index (κ3) is 1.59. The summed E-state index contributed by atoms with van der Waals surface area (Å²) in [5, 5.41) is 0. The Labute approximate surface area is 105 Å². The van der Waals surface area contributed by atoms with Crippen molar-refractivity contribution < 1.29 is 0 Å². The van der Waals surface area contributed by atoms with Gasteiger partial charge in [-0.1, -0.05) is 18.2 Å². The van der Waals surface area contributed by atoms with Gasteiger partial charge in [0, 0.05) is 23.5 Å². The molecule has 4 rings (SSSR count). The van der Waals surface area contributed by atoms with Gasteiger partial charge in [-0.25, -0.2) is 9.97 Å². The minimum atomic E-state index is 0.769. The fourth-order valence-corrected chi connectivity index (χ4v) is 2.33. The van der Waals surface area contributed by atoms with Crippen molar-refractivity contribution in [3.05, 3.63) is 48.3 Å². The van der Waals surface area contributed by atoms with E-state index in [1.165, 1.54) is 18.4 Å². The normalized spacial score (nSPS) is 15.1. The zero-order chi connectivity index (χ0) is 11.9. The van der Waals surface area contributed by atoms with Gasteiger partial charge < -0.3 is 4.98 Å². The number of aromatic amines is 1. The van der Waals surface area contributed by atoms with Crippen molar-refractivity contribution in [2.75, 3.05) is 0 Å². The molecule has 1 aromatic carbocycles. The van der Waals surface area contributed by atoms with Crippen LogP contribution in [0, 0.1) is 0 Å². The second kappa shape index (κ2) is 3.67. The minimum absolute atomic E-state index is 0.769. The molecule has 0 atom stereocenters. The molecule has 2 heterocycles. The Hall–Kier alpha value is -2.16. The lowest BCUT2D eigenvalue weighted by Gasteiger charge is -2.05. The SMILES string of the molecule is c1cc(-c2nc3nccc-3c[nH]2)cc(C2CC2)c1. The molecule has 1 aromatic rings. The van der Waals surface area contributed by atoms with Gasteiger partial charge in [0.1, 0.15) is 5.82 Å². The summed E-state index contributed by atoms with van der Waals surface area (Å²) in [5.74, 6) is 2.47. The first-order chi connectivity index (χ1) is 8.90. The molecule has 1 fully saturated rings. The van der Waals surface area contributed by atoms with Gasteiger partial charge in [0.25, 0.3) is 0 Å². The zero-order valence-electron chi connectivity index (χ0n) is 9.93. The fraction of sp³-hybridized carbons (Fsp3) is 0.200. The number of H-pyrrole nitrogens is 1. The molecular formula is C15H13N3. The summed E-state index contributed by atoms with van der Waals surface area (Å²) < 4.78 is 0. The van der Waals surface area contributed by atoms with Crippen LogP contribution in [0.5, 0.6) is 0 Å². The maximum atomic E-state index is 4.56. The second-order valence-electron chi connectivity index (χ2n) is 4.87. The van der Waals surface area contributed by atoms with Crippen molar-refractivity contribution in [1.82, 2.24) is 15.0 Å².